The Morgan fingerprint density at radius 1 is 0.786 bits per heavy atom. The van der Waals surface area contributed by atoms with Crippen LogP contribution in [0.25, 0.3) is 0 Å². The summed E-state index contributed by atoms with van der Waals surface area (Å²) in [6, 6.07) is 25.4. The second kappa shape index (κ2) is 15.6. The Labute approximate surface area is 248 Å². The predicted molar refractivity (Wildman–Crippen MR) is 160 cm³/mol. The predicted octanol–water partition coefficient (Wildman–Crippen LogP) is 4.74. The first-order valence-electron chi connectivity index (χ1n) is 13.7. The van der Waals surface area contributed by atoms with Crippen LogP contribution in [0, 0.1) is 17.8 Å². The van der Waals surface area contributed by atoms with Gasteiger partial charge in [-0.25, -0.2) is 0 Å². The zero-order valence-electron chi connectivity index (χ0n) is 24.7. The van der Waals surface area contributed by atoms with Crippen molar-refractivity contribution < 1.29 is 33.3 Å². The lowest BCUT2D eigenvalue weighted by Crippen LogP contribution is -2.41. The molecule has 42 heavy (non-hydrogen) atoms. The summed E-state index contributed by atoms with van der Waals surface area (Å²) in [5, 5.41) is 2.50. The number of carbonyl (C=O) groups is 2. The summed E-state index contributed by atoms with van der Waals surface area (Å²) in [6.45, 7) is 2.32. The van der Waals surface area contributed by atoms with E-state index in [-0.39, 0.29) is 45.2 Å². The molecule has 0 heterocycles. The average molecular weight is 574 g/mol. The van der Waals surface area contributed by atoms with E-state index >= 15 is 0 Å². The molecule has 3 aromatic rings. The number of ether oxygens (including phenoxy) is 5. The van der Waals surface area contributed by atoms with Gasteiger partial charge in [0.2, 0.25) is 5.91 Å². The molecule has 3 rings (SSSR count). The molecule has 0 saturated carbocycles. The minimum Gasteiger partial charge on any atom is -0.497 e. The molecule has 8 nitrogen and oxygen atoms in total. The van der Waals surface area contributed by atoms with Crippen molar-refractivity contribution in [2.75, 3.05) is 47.7 Å². The molecule has 0 aliphatic carbocycles. The number of esters is 1. The molecule has 0 aromatic heterocycles. The molecule has 0 aliphatic rings. The van der Waals surface area contributed by atoms with Gasteiger partial charge in [-0.1, -0.05) is 67.4 Å². The molecule has 1 unspecified atom stereocenters. The van der Waals surface area contributed by atoms with Crippen molar-refractivity contribution in [3.05, 3.63) is 95.6 Å². The van der Waals surface area contributed by atoms with Gasteiger partial charge in [-0.15, -0.1) is 6.42 Å². The summed E-state index contributed by atoms with van der Waals surface area (Å²) in [5.74, 6) is 3.19. The highest BCUT2D eigenvalue weighted by Crippen LogP contribution is 2.43. The van der Waals surface area contributed by atoms with Gasteiger partial charge in [0.05, 0.1) is 33.9 Å². The minimum absolute atomic E-state index is 0.000242. The first-order valence-corrected chi connectivity index (χ1v) is 13.7. The number of benzene rings is 3. The van der Waals surface area contributed by atoms with Crippen molar-refractivity contribution in [2.24, 2.45) is 5.41 Å². The van der Waals surface area contributed by atoms with Crippen molar-refractivity contribution in [2.45, 2.75) is 25.4 Å². The van der Waals surface area contributed by atoms with Gasteiger partial charge in [0.15, 0.2) is 0 Å². The summed E-state index contributed by atoms with van der Waals surface area (Å²) in [7, 11) is 4.77. The maximum atomic E-state index is 12.5. The molecule has 3 aromatic carbocycles. The number of hydrogen-bond donors (Lipinski definition) is 1. The van der Waals surface area contributed by atoms with E-state index in [1.54, 1.807) is 14.2 Å². The van der Waals surface area contributed by atoms with Crippen molar-refractivity contribution in [3.63, 3.8) is 0 Å². The first-order chi connectivity index (χ1) is 20.3. The zero-order valence-corrected chi connectivity index (χ0v) is 24.7. The average Bonchev–Trinajstić information content (AvgIpc) is 3.04. The van der Waals surface area contributed by atoms with Crippen LogP contribution in [-0.2, 0) is 29.4 Å². The number of methoxy groups -OCH3 is 2. The van der Waals surface area contributed by atoms with E-state index in [9.17, 15) is 9.59 Å². The number of nitrogens with one attached hydrogen (secondary N) is 1. The van der Waals surface area contributed by atoms with Gasteiger partial charge >= 0.3 is 5.97 Å². The number of terminal acetylenes is 1. The monoisotopic (exact) mass is 573 g/mol. The Bertz CT molecular complexity index is 1270. The molecule has 0 saturated heterocycles. The highest BCUT2D eigenvalue weighted by atomic mass is 16.5. The molecule has 0 fully saturated rings. The summed E-state index contributed by atoms with van der Waals surface area (Å²) >= 11 is 0. The lowest BCUT2D eigenvalue weighted by Gasteiger charge is -2.39. The summed E-state index contributed by atoms with van der Waals surface area (Å²) in [4.78, 5) is 24.1. The molecule has 8 heteroatoms. The fraction of sp³-hybridized carbons (Fsp3) is 0.353. The van der Waals surface area contributed by atoms with Crippen LogP contribution in [0.1, 0.15) is 36.5 Å². The Balaban J connectivity index is 2.03. The van der Waals surface area contributed by atoms with Crippen LogP contribution in [-0.4, -0.2) is 59.6 Å². The van der Waals surface area contributed by atoms with E-state index in [1.165, 1.54) is 7.05 Å². The van der Waals surface area contributed by atoms with Crippen LogP contribution in [0.2, 0.25) is 0 Å². The minimum atomic E-state index is -1.06. The van der Waals surface area contributed by atoms with Crippen molar-refractivity contribution in [3.8, 4) is 23.8 Å². The maximum Gasteiger partial charge on any atom is 0.306 e. The summed E-state index contributed by atoms with van der Waals surface area (Å²) < 4.78 is 29.2. The lowest BCUT2D eigenvalue weighted by molar-refractivity contribution is -0.153. The van der Waals surface area contributed by atoms with Crippen molar-refractivity contribution in [1.29, 1.82) is 0 Å². The Kier molecular flexibility index (Phi) is 12.0. The number of hydrogen-bond acceptors (Lipinski definition) is 7. The van der Waals surface area contributed by atoms with Gasteiger partial charge in [0.1, 0.15) is 30.3 Å². The smallest absolute Gasteiger partial charge is 0.306 e. The SMILES string of the molecule is C#CCOCC(C)(COC(=O)CCC(=O)NC)COC(c1ccccc1)(c1ccc(OC)cc1)c1ccc(OC)cc1. The summed E-state index contributed by atoms with van der Waals surface area (Å²) in [6.07, 6.45) is 5.44. The van der Waals surface area contributed by atoms with E-state index in [0.29, 0.717) is 11.5 Å². The third kappa shape index (κ3) is 8.35. The van der Waals surface area contributed by atoms with Crippen molar-refractivity contribution >= 4 is 11.9 Å². The van der Waals surface area contributed by atoms with Crippen LogP contribution in [0.3, 0.4) is 0 Å². The lowest BCUT2D eigenvalue weighted by atomic mass is 9.79. The molecule has 1 N–H and O–H groups in total. The largest absolute Gasteiger partial charge is 0.497 e. The van der Waals surface area contributed by atoms with E-state index in [0.717, 1.165) is 16.7 Å². The van der Waals surface area contributed by atoms with Crippen LogP contribution < -0.4 is 14.8 Å². The summed E-state index contributed by atoms with van der Waals surface area (Å²) in [5.41, 5.74) is 0.799. The fourth-order valence-corrected chi connectivity index (χ4v) is 4.51. The molecular weight excluding hydrogens is 534 g/mol. The third-order valence-corrected chi connectivity index (χ3v) is 6.86. The molecule has 1 atom stereocenters. The Morgan fingerprint density at radius 3 is 1.83 bits per heavy atom. The molecule has 0 aliphatic heterocycles. The topological polar surface area (TPSA) is 92.3 Å². The third-order valence-electron chi connectivity index (χ3n) is 6.86. The van der Waals surface area contributed by atoms with Gasteiger partial charge in [-0.05, 0) is 41.0 Å². The second-order valence-corrected chi connectivity index (χ2v) is 10.1. The standard InChI is InChI=1S/C34H39NO7/c1-6-22-40-23-33(2,24-41-32(37)21-20-31(36)35-3)25-42-34(26-10-8-7-9-11-26,27-12-16-29(38-4)17-13-27)28-14-18-30(39-5)19-15-28/h1,7-19H,20-25H2,2-5H3,(H,35,36). The van der Waals surface area contributed by atoms with E-state index in [1.807, 2.05) is 85.8 Å². The first kappa shape index (κ1) is 32.2. The van der Waals surface area contributed by atoms with Gasteiger partial charge in [0, 0.05) is 18.9 Å². The quantitative estimate of drug-likeness (QED) is 0.115. The van der Waals surface area contributed by atoms with Crippen LogP contribution in [0.5, 0.6) is 11.5 Å². The Morgan fingerprint density at radius 2 is 1.33 bits per heavy atom. The van der Waals surface area contributed by atoms with E-state index in [4.69, 9.17) is 30.1 Å². The molecule has 0 bridgehead atoms. The Hall–Kier alpha value is -4.32. The van der Waals surface area contributed by atoms with E-state index < -0.39 is 17.0 Å². The molecule has 222 valence electrons. The number of rotatable bonds is 16. The van der Waals surface area contributed by atoms with E-state index in [2.05, 4.69) is 11.2 Å². The molecular formula is C34H39NO7. The van der Waals surface area contributed by atoms with Crippen LogP contribution >= 0.6 is 0 Å². The van der Waals surface area contributed by atoms with Crippen molar-refractivity contribution in [1.82, 2.24) is 5.32 Å². The maximum absolute atomic E-state index is 12.5. The normalized spacial score (nSPS) is 12.5. The molecule has 0 radical (unpaired) electrons. The van der Waals surface area contributed by atoms with Crippen LogP contribution in [0.15, 0.2) is 78.9 Å². The second-order valence-electron chi connectivity index (χ2n) is 10.1. The molecule has 0 spiro atoms. The fourth-order valence-electron chi connectivity index (χ4n) is 4.51. The molecule has 1 amide bonds. The van der Waals surface area contributed by atoms with Crippen LogP contribution in [0.4, 0.5) is 0 Å². The van der Waals surface area contributed by atoms with Gasteiger partial charge in [-0.3, -0.25) is 9.59 Å². The highest BCUT2D eigenvalue weighted by Gasteiger charge is 2.41. The van der Waals surface area contributed by atoms with Gasteiger partial charge in [-0.2, -0.15) is 0 Å². The highest BCUT2D eigenvalue weighted by molar-refractivity contribution is 5.81. The number of carbonyl (C=O) groups excluding carboxylic acids is 2. The number of amides is 1. The zero-order chi connectivity index (χ0) is 30.4. The van der Waals surface area contributed by atoms with Gasteiger partial charge < -0.3 is 29.0 Å². The van der Waals surface area contributed by atoms with Gasteiger partial charge in [0.25, 0.3) is 0 Å².